The van der Waals surface area contributed by atoms with Gasteiger partial charge in [-0.15, -0.1) is 0 Å². The van der Waals surface area contributed by atoms with Gasteiger partial charge < -0.3 is 9.72 Å². The molecule has 3 aromatic heterocycles. The van der Waals surface area contributed by atoms with Crippen LogP contribution in [0.5, 0.6) is 0 Å². The zero-order valence-corrected chi connectivity index (χ0v) is 13.1. The van der Waals surface area contributed by atoms with Crippen molar-refractivity contribution in [3.05, 3.63) is 56.8 Å². The minimum atomic E-state index is -0.484. The third-order valence-corrected chi connectivity index (χ3v) is 3.61. The van der Waals surface area contributed by atoms with Crippen molar-refractivity contribution in [2.24, 2.45) is 14.1 Å². The fraction of sp³-hybridized carbons (Fsp3) is 0.267. The zero-order chi connectivity index (χ0) is 17.3. The second-order valence-corrected chi connectivity index (χ2v) is 5.22. The molecule has 124 valence electrons. The van der Waals surface area contributed by atoms with E-state index in [1.54, 1.807) is 18.3 Å². The van der Waals surface area contributed by atoms with Gasteiger partial charge in [-0.2, -0.15) is 0 Å². The van der Waals surface area contributed by atoms with Crippen LogP contribution >= 0.6 is 0 Å². The lowest BCUT2D eigenvalue weighted by Gasteiger charge is -2.02. The van der Waals surface area contributed by atoms with Gasteiger partial charge in [-0.25, -0.2) is 14.6 Å². The van der Waals surface area contributed by atoms with Crippen LogP contribution in [-0.4, -0.2) is 36.7 Å². The molecule has 9 nitrogen and oxygen atoms in total. The first-order valence-electron chi connectivity index (χ1n) is 7.21. The molecule has 0 aromatic carbocycles. The number of fused-ring (bicyclic) bond motifs is 1. The standard InChI is InChI=1S/C15H15N5O4/c1-19-12-11(13(21)20(2)15(19)23)17-10(18-12)5-7-24-14(22)9-4-3-6-16-8-9/h3-4,6,8H,5,7H2,1-2H3,(H,17,18). The van der Waals surface area contributed by atoms with E-state index in [1.807, 2.05) is 0 Å². The van der Waals surface area contributed by atoms with Crippen LogP contribution in [0.15, 0.2) is 34.1 Å². The summed E-state index contributed by atoms with van der Waals surface area (Å²) in [6.07, 6.45) is 3.27. The monoisotopic (exact) mass is 329 g/mol. The van der Waals surface area contributed by atoms with E-state index in [4.69, 9.17) is 4.74 Å². The van der Waals surface area contributed by atoms with Gasteiger partial charge in [0.1, 0.15) is 11.3 Å². The molecule has 0 radical (unpaired) electrons. The summed E-state index contributed by atoms with van der Waals surface area (Å²) in [6, 6.07) is 3.25. The molecule has 0 saturated heterocycles. The molecule has 0 spiro atoms. The van der Waals surface area contributed by atoms with E-state index in [0.717, 1.165) is 4.57 Å². The summed E-state index contributed by atoms with van der Waals surface area (Å²) in [6.45, 7) is 0.0851. The summed E-state index contributed by atoms with van der Waals surface area (Å²) in [5.74, 6) is -0.0233. The lowest BCUT2D eigenvalue weighted by Crippen LogP contribution is -2.36. The van der Waals surface area contributed by atoms with E-state index in [0.29, 0.717) is 11.4 Å². The quantitative estimate of drug-likeness (QED) is 0.661. The Labute approximate surface area is 135 Å². The minimum Gasteiger partial charge on any atom is -0.462 e. The maximum Gasteiger partial charge on any atom is 0.339 e. The molecule has 3 heterocycles. The topological polar surface area (TPSA) is 112 Å². The van der Waals surface area contributed by atoms with Gasteiger partial charge in [-0.05, 0) is 12.1 Å². The average Bonchev–Trinajstić information content (AvgIpc) is 3.03. The molecular weight excluding hydrogens is 314 g/mol. The maximum atomic E-state index is 12.1. The van der Waals surface area contributed by atoms with Crippen LogP contribution in [0.25, 0.3) is 11.2 Å². The van der Waals surface area contributed by atoms with Gasteiger partial charge in [0.15, 0.2) is 5.65 Å². The molecule has 0 amide bonds. The van der Waals surface area contributed by atoms with Crippen molar-refractivity contribution in [1.29, 1.82) is 0 Å². The van der Waals surface area contributed by atoms with E-state index in [1.165, 1.54) is 24.9 Å². The van der Waals surface area contributed by atoms with Crippen LogP contribution in [-0.2, 0) is 25.3 Å². The van der Waals surface area contributed by atoms with Gasteiger partial charge in [0.2, 0.25) is 0 Å². The number of rotatable bonds is 4. The maximum absolute atomic E-state index is 12.1. The van der Waals surface area contributed by atoms with E-state index in [-0.39, 0.29) is 24.2 Å². The van der Waals surface area contributed by atoms with Crippen LogP contribution in [0.4, 0.5) is 0 Å². The van der Waals surface area contributed by atoms with E-state index >= 15 is 0 Å². The number of imidazole rings is 1. The number of aromatic amines is 1. The molecule has 0 unspecified atom stereocenters. The molecule has 1 N–H and O–H groups in total. The Hall–Kier alpha value is -3.23. The first-order chi connectivity index (χ1) is 11.5. The highest BCUT2D eigenvalue weighted by Gasteiger charge is 2.14. The Balaban J connectivity index is 1.76. The van der Waals surface area contributed by atoms with Crippen molar-refractivity contribution in [1.82, 2.24) is 24.1 Å². The smallest absolute Gasteiger partial charge is 0.339 e. The number of nitrogens with one attached hydrogen (secondary N) is 1. The summed E-state index contributed by atoms with van der Waals surface area (Å²) in [7, 11) is 2.94. The highest BCUT2D eigenvalue weighted by Crippen LogP contribution is 2.06. The highest BCUT2D eigenvalue weighted by atomic mass is 16.5. The lowest BCUT2D eigenvalue weighted by atomic mass is 10.3. The lowest BCUT2D eigenvalue weighted by molar-refractivity contribution is 0.0507. The van der Waals surface area contributed by atoms with Crippen molar-refractivity contribution in [3.63, 3.8) is 0 Å². The Morgan fingerprint density at radius 1 is 1.29 bits per heavy atom. The molecule has 3 rings (SSSR count). The summed E-state index contributed by atoms with van der Waals surface area (Å²) >= 11 is 0. The van der Waals surface area contributed by atoms with Crippen LogP contribution in [0.2, 0.25) is 0 Å². The SMILES string of the molecule is Cn1c(=O)c2[nH]c(CCOC(=O)c3cccnc3)nc2n(C)c1=O. The molecular formula is C15H15N5O4. The summed E-state index contributed by atoms with van der Waals surface area (Å²) in [5, 5.41) is 0. The molecule has 3 aromatic rings. The summed E-state index contributed by atoms with van der Waals surface area (Å²) in [4.78, 5) is 46.7. The fourth-order valence-corrected chi connectivity index (χ4v) is 2.30. The molecule has 24 heavy (non-hydrogen) atoms. The highest BCUT2D eigenvalue weighted by molar-refractivity contribution is 5.88. The number of aromatic nitrogens is 5. The van der Waals surface area contributed by atoms with Crippen molar-refractivity contribution >= 4 is 17.1 Å². The molecule has 0 fully saturated rings. The normalized spacial score (nSPS) is 10.9. The number of nitrogens with zero attached hydrogens (tertiary/aromatic N) is 4. The predicted molar refractivity (Wildman–Crippen MR) is 84.8 cm³/mol. The zero-order valence-electron chi connectivity index (χ0n) is 13.1. The Morgan fingerprint density at radius 3 is 2.79 bits per heavy atom. The number of hydrogen-bond acceptors (Lipinski definition) is 6. The number of pyridine rings is 1. The minimum absolute atomic E-state index is 0.0851. The first-order valence-corrected chi connectivity index (χ1v) is 7.21. The third-order valence-electron chi connectivity index (χ3n) is 3.61. The third kappa shape index (κ3) is 2.71. The molecule has 0 aliphatic rings. The van der Waals surface area contributed by atoms with Crippen LogP contribution in [0, 0.1) is 0 Å². The van der Waals surface area contributed by atoms with Gasteiger partial charge in [0.25, 0.3) is 5.56 Å². The molecule has 0 aliphatic carbocycles. The molecule has 0 aliphatic heterocycles. The Morgan fingerprint density at radius 2 is 2.08 bits per heavy atom. The summed E-state index contributed by atoms with van der Waals surface area (Å²) < 4.78 is 7.44. The number of carbonyl (C=O) groups excluding carboxylic acids is 1. The van der Waals surface area contributed by atoms with Crippen LogP contribution in [0.3, 0.4) is 0 Å². The summed E-state index contributed by atoms with van der Waals surface area (Å²) in [5.41, 5.74) is -0.0176. The average molecular weight is 329 g/mol. The Bertz CT molecular complexity index is 1020. The number of H-pyrrole nitrogens is 1. The van der Waals surface area contributed by atoms with E-state index in [9.17, 15) is 14.4 Å². The van der Waals surface area contributed by atoms with Gasteiger partial charge in [-0.1, -0.05) is 0 Å². The molecule has 0 saturated carbocycles. The van der Waals surface area contributed by atoms with Crippen molar-refractivity contribution < 1.29 is 9.53 Å². The van der Waals surface area contributed by atoms with Gasteiger partial charge in [-0.3, -0.25) is 18.9 Å². The van der Waals surface area contributed by atoms with Crippen molar-refractivity contribution in [2.75, 3.05) is 6.61 Å². The van der Waals surface area contributed by atoms with Crippen LogP contribution < -0.4 is 11.2 Å². The molecule has 9 heteroatoms. The number of hydrogen-bond donors (Lipinski definition) is 1. The van der Waals surface area contributed by atoms with Gasteiger partial charge >= 0.3 is 11.7 Å². The van der Waals surface area contributed by atoms with E-state index < -0.39 is 17.2 Å². The molecule has 0 atom stereocenters. The second-order valence-electron chi connectivity index (χ2n) is 5.22. The number of aryl methyl sites for hydroxylation is 1. The Kier molecular flexibility index (Phi) is 3.98. The van der Waals surface area contributed by atoms with Crippen molar-refractivity contribution in [2.45, 2.75) is 6.42 Å². The van der Waals surface area contributed by atoms with Gasteiger partial charge in [0.05, 0.1) is 12.2 Å². The molecule has 0 bridgehead atoms. The number of esters is 1. The predicted octanol–water partition coefficient (Wildman–Crippen LogP) is -0.245. The first kappa shape index (κ1) is 15.7. The van der Waals surface area contributed by atoms with Gasteiger partial charge in [0, 0.05) is 32.9 Å². The number of ether oxygens (including phenoxy) is 1. The largest absolute Gasteiger partial charge is 0.462 e. The van der Waals surface area contributed by atoms with Crippen molar-refractivity contribution in [3.8, 4) is 0 Å². The fourth-order valence-electron chi connectivity index (χ4n) is 2.30. The van der Waals surface area contributed by atoms with E-state index in [2.05, 4.69) is 15.0 Å². The second kappa shape index (κ2) is 6.11. The number of carbonyl (C=O) groups is 1. The van der Waals surface area contributed by atoms with Crippen LogP contribution in [0.1, 0.15) is 16.2 Å².